The van der Waals surface area contributed by atoms with E-state index in [4.69, 9.17) is 9.84 Å². The first kappa shape index (κ1) is 18.6. The lowest BCUT2D eigenvalue weighted by Gasteiger charge is -2.28. The van der Waals surface area contributed by atoms with Gasteiger partial charge in [-0.25, -0.2) is 9.07 Å². The van der Waals surface area contributed by atoms with Gasteiger partial charge in [-0.15, -0.1) is 0 Å². The van der Waals surface area contributed by atoms with E-state index in [1.54, 1.807) is 26.0 Å². The van der Waals surface area contributed by atoms with E-state index in [0.717, 1.165) is 0 Å². The Morgan fingerprint density at radius 1 is 1.36 bits per heavy atom. The zero-order chi connectivity index (χ0) is 18.6. The number of hydrogen-bond acceptors (Lipinski definition) is 4. The van der Waals surface area contributed by atoms with Crippen LogP contribution in [0.1, 0.15) is 29.4 Å². The van der Waals surface area contributed by atoms with Gasteiger partial charge in [-0.05, 0) is 38.1 Å². The van der Waals surface area contributed by atoms with Gasteiger partial charge < -0.3 is 15.2 Å². The molecule has 1 heterocycles. The number of carboxylic acids is 1. The number of nitrogens with zero attached hydrogens (tertiary/aromatic N) is 2. The summed E-state index contributed by atoms with van der Waals surface area (Å²) in [5.74, 6) is -1.86. The molecule has 2 N–H and O–H groups in total. The van der Waals surface area contributed by atoms with Crippen LogP contribution in [0.2, 0.25) is 0 Å². The minimum Gasteiger partial charge on any atom is -0.481 e. The number of carbonyl (C=O) groups excluding carboxylic acids is 1. The molecule has 7 nitrogen and oxygen atoms in total. The summed E-state index contributed by atoms with van der Waals surface area (Å²) in [5, 5.41) is 15.9. The molecule has 0 fully saturated rings. The average Bonchev–Trinajstić information content (AvgIpc) is 2.89. The van der Waals surface area contributed by atoms with Crippen LogP contribution in [0.3, 0.4) is 0 Å². The van der Waals surface area contributed by atoms with Gasteiger partial charge in [-0.2, -0.15) is 5.10 Å². The highest BCUT2D eigenvalue weighted by atomic mass is 19.1. The molecule has 8 heteroatoms. The molecule has 1 aromatic heterocycles. The van der Waals surface area contributed by atoms with Crippen molar-refractivity contribution in [1.29, 1.82) is 0 Å². The molecule has 0 saturated carbocycles. The maximum atomic E-state index is 13.0. The maximum absolute atomic E-state index is 13.0. The van der Waals surface area contributed by atoms with Crippen LogP contribution in [0.25, 0.3) is 5.69 Å². The van der Waals surface area contributed by atoms with E-state index in [9.17, 15) is 14.0 Å². The molecule has 0 aliphatic rings. The molecule has 2 rings (SSSR count). The van der Waals surface area contributed by atoms with E-state index >= 15 is 0 Å². The van der Waals surface area contributed by atoms with Crippen LogP contribution >= 0.6 is 0 Å². The maximum Gasteiger partial charge on any atom is 0.305 e. The number of methoxy groups -OCH3 is 1. The van der Waals surface area contributed by atoms with E-state index < -0.39 is 17.4 Å². The molecule has 1 aromatic carbocycles. The van der Waals surface area contributed by atoms with Crippen LogP contribution in [-0.4, -0.2) is 46.0 Å². The predicted molar refractivity (Wildman–Crippen MR) is 88.3 cm³/mol. The second-order valence-corrected chi connectivity index (χ2v) is 6.05. The van der Waals surface area contributed by atoms with Crippen molar-refractivity contribution in [3.63, 3.8) is 0 Å². The third-order valence-corrected chi connectivity index (χ3v) is 3.75. The van der Waals surface area contributed by atoms with Crippen LogP contribution in [0.4, 0.5) is 4.39 Å². The molecule has 0 bridgehead atoms. The molecular weight excluding hydrogens is 329 g/mol. The highest BCUT2D eigenvalue weighted by molar-refractivity contribution is 5.96. The standard InChI is InChI=1S/C17H20FN3O4/c1-11-14(9-19-21(11)13-6-4-12(18)5-7-13)16(24)20-17(2,10-25-3)8-15(22)23/h4-7,9H,8,10H2,1-3H3,(H,20,24)(H,22,23). The number of carboxylic acid groups (broad SMARTS) is 1. The summed E-state index contributed by atoms with van der Waals surface area (Å²) in [5.41, 5.74) is 0.418. The number of nitrogens with one attached hydrogen (secondary N) is 1. The van der Waals surface area contributed by atoms with E-state index in [1.807, 2.05) is 0 Å². The zero-order valence-corrected chi connectivity index (χ0v) is 14.2. The zero-order valence-electron chi connectivity index (χ0n) is 14.2. The van der Waals surface area contributed by atoms with Gasteiger partial charge in [0.1, 0.15) is 5.82 Å². The van der Waals surface area contributed by atoms with Gasteiger partial charge in [-0.3, -0.25) is 9.59 Å². The van der Waals surface area contributed by atoms with Crippen molar-refractivity contribution in [3.05, 3.63) is 47.5 Å². The highest BCUT2D eigenvalue weighted by Crippen LogP contribution is 2.17. The van der Waals surface area contributed by atoms with Gasteiger partial charge in [0.05, 0.1) is 41.7 Å². The second-order valence-electron chi connectivity index (χ2n) is 6.05. The number of aliphatic carboxylic acids is 1. The smallest absolute Gasteiger partial charge is 0.305 e. The number of benzene rings is 1. The third-order valence-electron chi connectivity index (χ3n) is 3.75. The SMILES string of the molecule is COCC(C)(CC(=O)O)NC(=O)c1cnn(-c2ccc(F)cc2)c1C. The summed E-state index contributed by atoms with van der Waals surface area (Å²) in [7, 11) is 1.43. The van der Waals surface area contributed by atoms with Crippen molar-refractivity contribution in [1.82, 2.24) is 15.1 Å². The van der Waals surface area contributed by atoms with Crippen molar-refractivity contribution in [2.75, 3.05) is 13.7 Å². The fraction of sp³-hybridized carbons (Fsp3) is 0.353. The Labute approximate surface area is 144 Å². The van der Waals surface area contributed by atoms with Crippen molar-refractivity contribution < 1.29 is 23.8 Å². The summed E-state index contributed by atoms with van der Waals surface area (Å²) < 4.78 is 19.6. The topological polar surface area (TPSA) is 93.4 Å². The molecule has 0 aliphatic carbocycles. The summed E-state index contributed by atoms with van der Waals surface area (Å²) >= 11 is 0. The molecule has 134 valence electrons. The Morgan fingerprint density at radius 2 is 2.00 bits per heavy atom. The lowest BCUT2D eigenvalue weighted by molar-refractivity contribution is -0.139. The van der Waals surface area contributed by atoms with E-state index in [-0.39, 0.29) is 18.8 Å². The Bertz CT molecular complexity index is 773. The highest BCUT2D eigenvalue weighted by Gasteiger charge is 2.31. The molecule has 0 aliphatic heterocycles. The normalized spacial score (nSPS) is 13.3. The fourth-order valence-electron chi connectivity index (χ4n) is 2.60. The van der Waals surface area contributed by atoms with E-state index in [2.05, 4.69) is 10.4 Å². The molecule has 1 atom stereocenters. The lowest BCUT2D eigenvalue weighted by Crippen LogP contribution is -2.50. The van der Waals surface area contributed by atoms with Crippen LogP contribution in [0.5, 0.6) is 0 Å². The number of halogens is 1. The Kier molecular flexibility index (Phi) is 5.53. The molecular formula is C17H20FN3O4. The van der Waals surface area contributed by atoms with Crippen LogP contribution in [-0.2, 0) is 9.53 Å². The second kappa shape index (κ2) is 7.43. The largest absolute Gasteiger partial charge is 0.481 e. The van der Waals surface area contributed by atoms with Crippen LogP contribution in [0, 0.1) is 12.7 Å². The molecule has 25 heavy (non-hydrogen) atoms. The number of ether oxygens (including phenoxy) is 1. The van der Waals surface area contributed by atoms with Crippen molar-refractivity contribution in [3.8, 4) is 5.69 Å². The summed E-state index contributed by atoms with van der Waals surface area (Å²) in [6.07, 6.45) is 1.11. The van der Waals surface area contributed by atoms with Crippen molar-refractivity contribution >= 4 is 11.9 Å². The van der Waals surface area contributed by atoms with E-state index in [1.165, 1.54) is 30.1 Å². The quantitative estimate of drug-likeness (QED) is 0.797. The molecule has 2 aromatic rings. The summed E-state index contributed by atoms with van der Waals surface area (Å²) in [4.78, 5) is 23.6. The number of amides is 1. The van der Waals surface area contributed by atoms with Crippen molar-refractivity contribution in [2.45, 2.75) is 25.8 Å². The monoisotopic (exact) mass is 349 g/mol. The fourth-order valence-corrected chi connectivity index (χ4v) is 2.60. The first-order valence-corrected chi connectivity index (χ1v) is 7.59. The first-order chi connectivity index (χ1) is 11.8. The number of aromatic nitrogens is 2. The Hall–Kier alpha value is -2.74. The van der Waals surface area contributed by atoms with Gasteiger partial charge in [0, 0.05) is 7.11 Å². The van der Waals surface area contributed by atoms with Gasteiger partial charge in [0.2, 0.25) is 0 Å². The number of carbonyl (C=O) groups is 2. The Morgan fingerprint density at radius 3 is 2.56 bits per heavy atom. The first-order valence-electron chi connectivity index (χ1n) is 7.59. The predicted octanol–water partition coefficient (Wildman–Crippen LogP) is 1.93. The lowest BCUT2D eigenvalue weighted by atomic mass is 9.98. The van der Waals surface area contributed by atoms with Gasteiger partial charge >= 0.3 is 5.97 Å². The van der Waals surface area contributed by atoms with Crippen LogP contribution < -0.4 is 5.32 Å². The summed E-state index contributed by atoms with van der Waals surface area (Å²) in [6, 6.07) is 5.71. The molecule has 1 amide bonds. The molecule has 0 saturated heterocycles. The van der Waals surface area contributed by atoms with Gasteiger partial charge in [-0.1, -0.05) is 0 Å². The molecule has 1 unspecified atom stereocenters. The van der Waals surface area contributed by atoms with Gasteiger partial charge in [0.15, 0.2) is 0 Å². The minimum atomic E-state index is -1.05. The molecule has 0 spiro atoms. The minimum absolute atomic E-state index is 0.0518. The number of rotatable bonds is 7. The van der Waals surface area contributed by atoms with E-state index in [0.29, 0.717) is 16.9 Å². The average molecular weight is 349 g/mol. The Balaban J connectivity index is 2.25. The van der Waals surface area contributed by atoms with Gasteiger partial charge in [0.25, 0.3) is 5.91 Å². The molecule has 0 radical (unpaired) electrons. The van der Waals surface area contributed by atoms with Crippen LogP contribution in [0.15, 0.2) is 30.5 Å². The third kappa shape index (κ3) is 4.42. The number of hydrogen-bond donors (Lipinski definition) is 2. The van der Waals surface area contributed by atoms with Crippen molar-refractivity contribution in [2.24, 2.45) is 0 Å². The summed E-state index contributed by atoms with van der Waals surface area (Å²) in [6.45, 7) is 3.36.